The number of aromatic nitrogens is 2. The number of aryl methyl sites for hydroxylation is 2. The van der Waals surface area contributed by atoms with Crippen molar-refractivity contribution in [2.24, 2.45) is 0 Å². The van der Waals surface area contributed by atoms with E-state index in [-0.39, 0.29) is 5.54 Å². The van der Waals surface area contributed by atoms with E-state index in [1.165, 1.54) is 5.69 Å². The van der Waals surface area contributed by atoms with E-state index in [1.807, 2.05) is 18.5 Å². The molecule has 1 heterocycles. The Hall–Kier alpha value is -1.27. The molecule has 0 aliphatic rings. The van der Waals surface area contributed by atoms with Crippen molar-refractivity contribution in [3.05, 3.63) is 17.5 Å². The van der Waals surface area contributed by atoms with Crippen molar-refractivity contribution in [3.8, 4) is 12.3 Å². The van der Waals surface area contributed by atoms with Gasteiger partial charge in [-0.25, -0.2) is 0 Å². The van der Waals surface area contributed by atoms with Crippen LogP contribution in [0.4, 0.5) is 0 Å². The molecule has 1 rings (SSSR count). The molecule has 0 aliphatic carbocycles. The molecule has 0 radical (unpaired) electrons. The van der Waals surface area contributed by atoms with Gasteiger partial charge in [-0.3, -0.25) is 10.00 Å². The minimum absolute atomic E-state index is 0.269. The van der Waals surface area contributed by atoms with Gasteiger partial charge in [0, 0.05) is 13.1 Å². The second-order valence-electron chi connectivity index (χ2n) is 4.42. The molecule has 0 bridgehead atoms. The molecule has 1 aromatic heterocycles. The zero-order valence-electron chi connectivity index (χ0n) is 10.7. The third-order valence-corrected chi connectivity index (χ3v) is 2.65. The fraction of sp³-hybridized carbons (Fsp3) is 0.615. The summed E-state index contributed by atoms with van der Waals surface area (Å²) in [5.74, 6) is 2.73. The molecular formula is C13H21N3. The maximum absolute atomic E-state index is 5.44. The third-order valence-electron chi connectivity index (χ3n) is 2.65. The topological polar surface area (TPSA) is 29.9 Å². The molecule has 0 saturated heterocycles. The van der Waals surface area contributed by atoms with E-state index in [1.54, 1.807) is 0 Å². The fourth-order valence-corrected chi connectivity index (χ4v) is 1.47. The highest BCUT2D eigenvalue weighted by atomic mass is 15.3. The van der Waals surface area contributed by atoms with Crippen LogP contribution in [-0.4, -0.2) is 15.3 Å². The highest BCUT2D eigenvalue weighted by molar-refractivity contribution is 5.13. The van der Waals surface area contributed by atoms with Crippen molar-refractivity contribution in [2.75, 3.05) is 0 Å². The van der Waals surface area contributed by atoms with Gasteiger partial charge >= 0.3 is 0 Å². The number of nitrogens with zero attached hydrogens (tertiary/aromatic N) is 2. The molecule has 1 N–H and O–H groups in total. The molecule has 0 aliphatic heterocycles. The van der Waals surface area contributed by atoms with E-state index in [0.717, 1.165) is 25.2 Å². The van der Waals surface area contributed by atoms with Crippen molar-refractivity contribution < 1.29 is 0 Å². The van der Waals surface area contributed by atoms with Crippen LogP contribution in [0.1, 0.15) is 39.1 Å². The van der Waals surface area contributed by atoms with Gasteiger partial charge in [0.1, 0.15) is 0 Å². The Labute approximate surface area is 98.2 Å². The van der Waals surface area contributed by atoms with Gasteiger partial charge in [0.05, 0.1) is 16.9 Å². The summed E-state index contributed by atoms with van der Waals surface area (Å²) in [6, 6.07) is 2.14. The fourth-order valence-electron chi connectivity index (χ4n) is 1.47. The molecule has 0 amide bonds. The van der Waals surface area contributed by atoms with Gasteiger partial charge in [0.15, 0.2) is 0 Å². The predicted molar refractivity (Wildman–Crippen MR) is 67.0 cm³/mol. The first-order valence-corrected chi connectivity index (χ1v) is 5.80. The maximum Gasteiger partial charge on any atom is 0.0744 e. The van der Waals surface area contributed by atoms with Crippen molar-refractivity contribution in [1.82, 2.24) is 15.1 Å². The van der Waals surface area contributed by atoms with E-state index in [2.05, 4.69) is 36.2 Å². The zero-order chi connectivity index (χ0) is 12.2. The van der Waals surface area contributed by atoms with E-state index in [4.69, 9.17) is 6.42 Å². The number of rotatable bonds is 5. The molecule has 0 saturated carbocycles. The summed E-state index contributed by atoms with van der Waals surface area (Å²) in [6.45, 7) is 9.87. The Morgan fingerprint density at radius 1 is 1.50 bits per heavy atom. The molecule has 16 heavy (non-hydrogen) atoms. The standard InChI is InChI=1S/C13H21N3/c1-6-11-9-12(16(8-3)15-11)10-14-13(4,5)7-2/h2,9,14H,6,8,10H2,1,3-5H3. The Morgan fingerprint density at radius 2 is 2.19 bits per heavy atom. The molecule has 1 aromatic rings. The van der Waals surface area contributed by atoms with Crippen LogP contribution >= 0.6 is 0 Å². The molecule has 0 unspecified atom stereocenters. The van der Waals surface area contributed by atoms with Crippen LogP contribution in [0.5, 0.6) is 0 Å². The molecule has 3 nitrogen and oxygen atoms in total. The monoisotopic (exact) mass is 219 g/mol. The summed E-state index contributed by atoms with van der Waals surface area (Å²) >= 11 is 0. The average Bonchev–Trinajstić information content (AvgIpc) is 2.69. The summed E-state index contributed by atoms with van der Waals surface area (Å²) < 4.78 is 2.03. The van der Waals surface area contributed by atoms with E-state index >= 15 is 0 Å². The number of nitrogens with one attached hydrogen (secondary N) is 1. The molecule has 0 atom stereocenters. The normalized spacial score (nSPS) is 11.4. The average molecular weight is 219 g/mol. The van der Waals surface area contributed by atoms with Crippen LogP contribution in [0, 0.1) is 12.3 Å². The number of hydrogen-bond acceptors (Lipinski definition) is 2. The first kappa shape index (κ1) is 12.8. The Kier molecular flexibility index (Phi) is 4.14. The van der Waals surface area contributed by atoms with Crippen LogP contribution in [0.25, 0.3) is 0 Å². The summed E-state index contributed by atoms with van der Waals surface area (Å²) in [6.07, 6.45) is 6.41. The number of hydrogen-bond donors (Lipinski definition) is 1. The largest absolute Gasteiger partial charge is 0.296 e. The van der Waals surface area contributed by atoms with Crippen LogP contribution in [0.15, 0.2) is 6.07 Å². The van der Waals surface area contributed by atoms with Gasteiger partial charge in [-0.15, -0.1) is 6.42 Å². The Morgan fingerprint density at radius 3 is 2.69 bits per heavy atom. The van der Waals surface area contributed by atoms with Gasteiger partial charge in [0.2, 0.25) is 0 Å². The van der Waals surface area contributed by atoms with Crippen LogP contribution in [0.2, 0.25) is 0 Å². The van der Waals surface area contributed by atoms with Gasteiger partial charge in [0.25, 0.3) is 0 Å². The molecule has 0 aromatic carbocycles. The lowest BCUT2D eigenvalue weighted by Crippen LogP contribution is -2.37. The smallest absolute Gasteiger partial charge is 0.0744 e. The second-order valence-corrected chi connectivity index (χ2v) is 4.42. The summed E-state index contributed by atoms with van der Waals surface area (Å²) in [4.78, 5) is 0. The van der Waals surface area contributed by atoms with E-state index in [0.29, 0.717) is 0 Å². The second kappa shape index (κ2) is 5.18. The Balaban J connectivity index is 2.74. The van der Waals surface area contributed by atoms with E-state index < -0.39 is 0 Å². The molecule has 0 spiro atoms. The number of terminal acetylenes is 1. The van der Waals surface area contributed by atoms with Gasteiger partial charge in [-0.05, 0) is 33.3 Å². The van der Waals surface area contributed by atoms with Gasteiger partial charge in [-0.2, -0.15) is 5.10 Å². The van der Waals surface area contributed by atoms with E-state index in [9.17, 15) is 0 Å². The minimum Gasteiger partial charge on any atom is -0.296 e. The highest BCUT2D eigenvalue weighted by Crippen LogP contribution is 2.08. The minimum atomic E-state index is -0.269. The van der Waals surface area contributed by atoms with Crippen molar-refractivity contribution >= 4 is 0 Å². The van der Waals surface area contributed by atoms with Crippen LogP contribution in [0.3, 0.4) is 0 Å². The summed E-state index contributed by atoms with van der Waals surface area (Å²) in [5, 5.41) is 7.84. The molecule has 88 valence electrons. The SMILES string of the molecule is C#CC(C)(C)NCc1cc(CC)nn1CC. The summed E-state index contributed by atoms with van der Waals surface area (Å²) in [7, 11) is 0. The van der Waals surface area contributed by atoms with Crippen molar-refractivity contribution in [1.29, 1.82) is 0 Å². The Bertz CT molecular complexity index is 382. The van der Waals surface area contributed by atoms with Gasteiger partial charge < -0.3 is 0 Å². The van der Waals surface area contributed by atoms with Crippen molar-refractivity contribution in [3.63, 3.8) is 0 Å². The zero-order valence-corrected chi connectivity index (χ0v) is 10.7. The highest BCUT2D eigenvalue weighted by Gasteiger charge is 2.14. The van der Waals surface area contributed by atoms with Crippen molar-refractivity contribution in [2.45, 2.75) is 52.7 Å². The van der Waals surface area contributed by atoms with Crippen LogP contribution < -0.4 is 5.32 Å². The molecular weight excluding hydrogens is 198 g/mol. The third kappa shape index (κ3) is 3.11. The lowest BCUT2D eigenvalue weighted by Gasteiger charge is -2.19. The first-order valence-electron chi connectivity index (χ1n) is 5.80. The molecule has 3 heteroatoms. The first-order chi connectivity index (χ1) is 7.52. The molecule has 0 fully saturated rings. The van der Waals surface area contributed by atoms with Crippen LogP contribution in [-0.2, 0) is 19.5 Å². The quantitative estimate of drug-likeness (QED) is 0.767. The van der Waals surface area contributed by atoms with Gasteiger partial charge in [-0.1, -0.05) is 12.8 Å². The maximum atomic E-state index is 5.44. The predicted octanol–water partition coefficient (Wildman–Crippen LogP) is 1.97. The lowest BCUT2D eigenvalue weighted by atomic mass is 10.1. The lowest BCUT2D eigenvalue weighted by molar-refractivity contribution is 0.470. The summed E-state index contributed by atoms with van der Waals surface area (Å²) in [5.41, 5.74) is 2.06.